The lowest BCUT2D eigenvalue weighted by molar-refractivity contribution is -0.00666. The van der Waals surface area contributed by atoms with E-state index in [1.807, 2.05) is 38.1 Å². The molecule has 0 saturated heterocycles. The van der Waals surface area contributed by atoms with E-state index < -0.39 is 0 Å². The molecule has 2 N–H and O–H groups in total. The maximum atomic E-state index is 5.68. The molecule has 1 aromatic rings. The van der Waals surface area contributed by atoms with Crippen molar-refractivity contribution in [2.75, 3.05) is 26.4 Å². The van der Waals surface area contributed by atoms with Crippen molar-refractivity contribution in [1.82, 2.24) is 0 Å². The molecule has 1 rings (SSSR count). The smallest absolute Gasteiger partial charge is 0.129 e. The summed E-state index contributed by atoms with van der Waals surface area (Å²) in [6.07, 6.45) is 0.918. The standard InChI is InChI=1S/C15H23NO3S/c1-3-17-11-12(2)18-9-6-10-19-14-8-5-4-7-13(14)15(16)20/h4-5,7-8,12H,3,6,9-11H2,1-2H3,(H2,16,20). The van der Waals surface area contributed by atoms with Crippen LogP contribution in [0.15, 0.2) is 24.3 Å². The molecular weight excluding hydrogens is 274 g/mol. The van der Waals surface area contributed by atoms with Gasteiger partial charge in [-0.25, -0.2) is 0 Å². The molecule has 1 atom stereocenters. The Hall–Kier alpha value is -1.17. The molecule has 0 saturated carbocycles. The average Bonchev–Trinajstić information content (AvgIpc) is 2.45. The quantitative estimate of drug-likeness (QED) is 0.531. The first kappa shape index (κ1) is 16.9. The van der Waals surface area contributed by atoms with Crippen LogP contribution in [0.2, 0.25) is 0 Å². The maximum absolute atomic E-state index is 5.68. The fraction of sp³-hybridized carbons (Fsp3) is 0.533. The molecule has 0 aliphatic carbocycles. The van der Waals surface area contributed by atoms with Gasteiger partial charge in [0.25, 0.3) is 0 Å². The van der Waals surface area contributed by atoms with E-state index in [1.165, 1.54) is 0 Å². The van der Waals surface area contributed by atoms with E-state index in [0.717, 1.165) is 17.7 Å². The highest BCUT2D eigenvalue weighted by atomic mass is 32.1. The third kappa shape index (κ3) is 6.32. The molecular formula is C15H23NO3S. The average molecular weight is 297 g/mol. The number of nitrogens with two attached hydrogens (primary N) is 1. The van der Waals surface area contributed by atoms with Crippen molar-refractivity contribution in [1.29, 1.82) is 0 Å². The fourth-order valence-electron chi connectivity index (χ4n) is 1.65. The van der Waals surface area contributed by atoms with Crippen molar-refractivity contribution in [2.45, 2.75) is 26.4 Å². The van der Waals surface area contributed by atoms with Gasteiger partial charge in [-0.3, -0.25) is 0 Å². The van der Waals surface area contributed by atoms with Crippen LogP contribution in [0, 0.1) is 0 Å². The Bertz CT molecular complexity index is 412. The van der Waals surface area contributed by atoms with E-state index >= 15 is 0 Å². The zero-order valence-corrected chi connectivity index (χ0v) is 12.9. The summed E-state index contributed by atoms with van der Waals surface area (Å²) in [5.41, 5.74) is 6.42. The number of para-hydroxylation sites is 1. The highest BCUT2D eigenvalue weighted by molar-refractivity contribution is 7.80. The van der Waals surface area contributed by atoms with E-state index in [1.54, 1.807) is 0 Å². The molecule has 112 valence electrons. The van der Waals surface area contributed by atoms with Crippen LogP contribution in [0.25, 0.3) is 0 Å². The van der Waals surface area contributed by atoms with Gasteiger partial charge < -0.3 is 19.9 Å². The molecule has 0 aromatic heterocycles. The Morgan fingerprint density at radius 1 is 1.30 bits per heavy atom. The van der Waals surface area contributed by atoms with Gasteiger partial charge in [-0.15, -0.1) is 0 Å². The summed E-state index contributed by atoms with van der Waals surface area (Å²) < 4.78 is 16.6. The predicted octanol–water partition coefficient (Wildman–Crippen LogP) is 2.53. The summed E-state index contributed by atoms with van der Waals surface area (Å²) in [6, 6.07) is 7.52. The van der Waals surface area contributed by atoms with Gasteiger partial charge in [0.05, 0.1) is 31.5 Å². The molecule has 0 fully saturated rings. The molecule has 0 aliphatic rings. The molecule has 0 amide bonds. The van der Waals surface area contributed by atoms with Crippen molar-refractivity contribution >= 4 is 17.2 Å². The second kappa shape index (κ2) is 9.69. The zero-order chi connectivity index (χ0) is 14.8. The molecule has 4 nitrogen and oxygen atoms in total. The highest BCUT2D eigenvalue weighted by Gasteiger charge is 2.05. The van der Waals surface area contributed by atoms with Gasteiger partial charge in [-0.2, -0.15) is 0 Å². The molecule has 1 unspecified atom stereocenters. The van der Waals surface area contributed by atoms with Crippen LogP contribution < -0.4 is 10.5 Å². The number of hydrogen-bond acceptors (Lipinski definition) is 4. The number of ether oxygens (including phenoxy) is 3. The summed E-state index contributed by atoms with van der Waals surface area (Å²) in [6.45, 7) is 6.53. The molecule has 20 heavy (non-hydrogen) atoms. The summed E-state index contributed by atoms with van der Waals surface area (Å²) >= 11 is 4.99. The van der Waals surface area contributed by atoms with Crippen molar-refractivity contribution < 1.29 is 14.2 Å². The Morgan fingerprint density at radius 3 is 2.75 bits per heavy atom. The minimum atomic E-state index is 0.110. The Balaban J connectivity index is 2.23. The van der Waals surface area contributed by atoms with E-state index in [9.17, 15) is 0 Å². The molecule has 5 heteroatoms. The first-order valence-corrected chi connectivity index (χ1v) is 7.27. The minimum absolute atomic E-state index is 0.110. The van der Waals surface area contributed by atoms with Crippen LogP contribution in [0.1, 0.15) is 25.8 Å². The normalized spacial score (nSPS) is 12.1. The van der Waals surface area contributed by atoms with E-state index in [4.69, 9.17) is 32.2 Å². The van der Waals surface area contributed by atoms with Gasteiger partial charge in [-0.05, 0) is 26.0 Å². The monoisotopic (exact) mass is 297 g/mol. The van der Waals surface area contributed by atoms with Gasteiger partial charge in [0.15, 0.2) is 0 Å². The lowest BCUT2D eigenvalue weighted by atomic mass is 10.2. The largest absolute Gasteiger partial charge is 0.493 e. The van der Waals surface area contributed by atoms with Gasteiger partial charge in [0.1, 0.15) is 10.7 Å². The highest BCUT2D eigenvalue weighted by Crippen LogP contribution is 2.17. The van der Waals surface area contributed by atoms with E-state index in [-0.39, 0.29) is 6.10 Å². The van der Waals surface area contributed by atoms with Crippen molar-refractivity contribution in [2.24, 2.45) is 5.73 Å². The van der Waals surface area contributed by atoms with Crippen molar-refractivity contribution in [3.63, 3.8) is 0 Å². The van der Waals surface area contributed by atoms with E-state index in [2.05, 4.69) is 0 Å². The van der Waals surface area contributed by atoms with Crippen LogP contribution in [0.4, 0.5) is 0 Å². The van der Waals surface area contributed by atoms with Crippen LogP contribution in [-0.2, 0) is 9.47 Å². The molecule has 0 bridgehead atoms. The summed E-state index contributed by atoms with van der Waals surface area (Å²) in [4.78, 5) is 0.349. The van der Waals surface area contributed by atoms with Crippen molar-refractivity contribution in [3.05, 3.63) is 29.8 Å². The SMILES string of the molecule is CCOCC(C)OCCCOc1ccccc1C(N)=S. The second-order valence-corrected chi connectivity index (χ2v) is 4.84. The molecule has 0 radical (unpaired) electrons. The number of benzene rings is 1. The molecule has 0 spiro atoms. The summed E-state index contributed by atoms with van der Waals surface area (Å²) in [5.74, 6) is 0.724. The first-order valence-electron chi connectivity index (χ1n) is 6.86. The third-order valence-corrected chi connectivity index (χ3v) is 2.88. The van der Waals surface area contributed by atoms with Crippen LogP contribution in [-0.4, -0.2) is 37.5 Å². The Labute approximate surface area is 126 Å². The zero-order valence-electron chi connectivity index (χ0n) is 12.1. The number of hydrogen-bond donors (Lipinski definition) is 1. The number of thiocarbonyl (C=S) groups is 1. The van der Waals surface area contributed by atoms with Crippen LogP contribution in [0.5, 0.6) is 5.75 Å². The summed E-state index contributed by atoms with van der Waals surface area (Å²) in [5, 5.41) is 0. The van der Waals surface area contributed by atoms with Crippen molar-refractivity contribution in [3.8, 4) is 5.75 Å². The molecule has 1 aromatic carbocycles. The van der Waals surface area contributed by atoms with Gasteiger partial charge in [0, 0.05) is 13.0 Å². The van der Waals surface area contributed by atoms with E-state index in [0.29, 0.717) is 31.4 Å². The number of rotatable bonds is 10. The second-order valence-electron chi connectivity index (χ2n) is 4.40. The maximum Gasteiger partial charge on any atom is 0.129 e. The van der Waals surface area contributed by atoms with Gasteiger partial charge in [0.2, 0.25) is 0 Å². The van der Waals surface area contributed by atoms with Gasteiger partial charge >= 0.3 is 0 Å². The molecule has 0 heterocycles. The first-order chi connectivity index (χ1) is 9.65. The summed E-state index contributed by atoms with van der Waals surface area (Å²) in [7, 11) is 0. The Kier molecular flexibility index (Phi) is 8.18. The fourth-order valence-corrected chi connectivity index (χ4v) is 1.82. The Morgan fingerprint density at radius 2 is 2.05 bits per heavy atom. The lowest BCUT2D eigenvalue weighted by Crippen LogP contribution is -2.18. The third-order valence-electron chi connectivity index (χ3n) is 2.66. The van der Waals surface area contributed by atoms with Crippen LogP contribution in [0.3, 0.4) is 0 Å². The molecule has 0 aliphatic heterocycles. The predicted molar refractivity (Wildman–Crippen MR) is 84.3 cm³/mol. The topological polar surface area (TPSA) is 53.7 Å². The minimum Gasteiger partial charge on any atom is -0.493 e. The van der Waals surface area contributed by atoms with Gasteiger partial charge in [-0.1, -0.05) is 24.4 Å². The lowest BCUT2D eigenvalue weighted by Gasteiger charge is -2.13. The van der Waals surface area contributed by atoms with Crippen LogP contribution >= 0.6 is 12.2 Å².